The first-order chi connectivity index (χ1) is 9.73. The van der Waals surface area contributed by atoms with Crippen LogP contribution in [0.15, 0.2) is 30.3 Å². The van der Waals surface area contributed by atoms with Crippen molar-refractivity contribution in [3.63, 3.8) is 0 Å². The van der Waals surface area contributed by atoms with Gasteiger partial charge < -0.3 is 4.79 Å². The fourth-order valence-electron chi connectivity index (χ4n) is 4.14. The summed E-state index contributed by atoms with van der Waals surface area (Å²) >= 11 is 0. The third-order valence-electron chi connectivity index (χ3n) is 5.35. The Balaban J connectivity index is 1.76. The molecule has 3 unspecified atom stereocenters. The van der Waals surface area contributed by atoms with E-state index in [1.165, 1.54) is 38.6 Å². The highest BCUT2D eigenvalue weighted by molar-refractivity contribution is 5.68. The molecule has 0 spiro atoms. The Kier molecular flexibility index (Phi) is 3.93. The van der Waals surface area contributed by atoms with Crippen LogP contribution in [0.4, 0.5) is 0 Å². The Morgan fingerprint density at radius 2 is 1.95 bits per heavy atom. The van der Waals surface area contributed by atoms with Crippen LogP contribution in [0.5, 0.6) is 0 Å². The van der Waals surface area contributed by atoms with Crippen LogP contribution >= 0.6 is 0 Å². The fourth-order valence-corrected chi connectivity index (χ4v) is 4.14. The smallest absolute Gasteiger partial charge is 0.131 e. The number of carbonyl (C=O) groups excluding carboxylic acids is 1. The number of hydrogen-bond acceptors (Lipinski definition) is 2. The van der Waals surface area contributed by atoms with Crippen molar-refractivity contribution in [1.82, 2.24) is 4.90 Å². The van der Waals surface area contributed by atoms with E-state index in [1.54, 1.807) is 0 Å². The van der Waals surface area contributed by atoms with E-state index in [2.05, 4.69) is 24.0 Å². The lowest BCUT2D eigenvalue weighted by molar-refractivity contribution is -0.112. The van der Waals surface area contributed by atoms with E-state index in [0.29, 0.717) is 0 Å². The quantitative estimate of drug-likeness (QED) is 0.782. The van der Waals surface area contributed by atoms with Crippen LogP contribution in [0.2, 0.25) is 0 Å². The molecule has 0 amide bonds. The summed E-state index contributed by atoms with van der Waals surface area (Å²) in [7, 11) is 0. The Morgan fingerprint density at radius 1 is 1.20 bits per heavy atom. The number of likely N-dealkylation sites (tertiary alicyclic amines) is 1. The fraction of sp³-hybridized carbons (Fsp3) is 0.611. The minimum Gasteiger partial charge on any atom is -0.302 e. The zero-order valence-corrected chi connectivity index (χ0v) is 12.4. The van der Waals surface area contributed by atoms with Crippen LogP contribution in [0.25, 0.3) is 0 Å². The molecular weight excluding hydrogens is 246 g/mol. The van der Waals surface area contributed by atoms with Gasteiger partial charge in [0.05, 0.1) is 5.41 Å². The van der Waals surface area contributed by atoms with Gasteiger partial charge in [-0.3, -0.25) is 4.90 Å². The highest BCUT2D eigenvalue weighted by Crippen LogP contribution is 2.38. The maximum atomic E-state index is 11.7. The number of nitrogens with zero attached hydrogens (tertiary/aromatic N) is 1. The molecule has 1 saturated carbocycles. The Labute approximate surface area is 122 Å². The zero-order valence-electron chi connectivity index (χ0n) is 12.4. The summed E-state index contributed by atoms with van der Waals surface area (Å²) in [5.41, 5.74) is 0.780. The second kappa shape index (κ2) is 5.69. The third-order valence-corrected chi connectivity index (χ3v) is 5.35. The summed E-state index contributed by atoms with van der Waals surface area (Å²) in [6.07, 6.45) is 7.96. The van der Waals surface area contributed by atoms with Gasteiger partial charge in [-0.25, -0.2) is 0 Å². The molecule has 1 aromatic carbocycles. The molecule has 1 aromatic rings. The summed E-state index contributed by atoms with van der Waals surface area (Å²) < 4.78 is 0. The van der Waals surface area contributed by atoms with Gasteiger partial charge >= 0.3 is 0 Å². The molecule has 2 heteroatoms. The lowest BCUT2D eigenvalue weighted by atomic mass is 9.81. The molecule has 2 aliphatic rings. The van der Waals surface area contributed by atoms with Crippen LogP contribution in [0, 0.1) is 5.92 Å². The molecule has 0 N–H and O–H groups in total. The zero-order chi connectivity index (χ0) is 14.0. The van der Waals surface area contributed by atoms with Gasteiger partial charge in [-0.15, -0.1) is 0 Å². The Morgan fingerprint density at radius 3 is 2.70 bits per heavy atom. The first-order valence-corrected chi connectivity index (χ1v) is 7.99. The van der Waals surface area contributed by atoms with Gasteiger partial charge in [0.2, 0.25) is 0 Å². The molecule has 1 aliphatic heterocycles. The number of carbonyl (C=O) groups is 1. The number of hydrogen-bond donors (Lipinski definition) is 0. The molecule has 0 aromatic heterocycles. The van der Waals surface area contributed by atoms with E-state index in [-0.39, 0.29) is 5.41 Å². The van der Waals surface area contributed by atoms with Gasteiger partial charge in [-0.2, -0.15) is 0 Å². The van der Waals surface area contributed by atoms with Crippen LogP contribution in [-0.2, 0) is 10.2 Å². The average Bonchev–Trinajstić information content (AvgIpc) is 2.91. The van der Waals surface area contributed by atoms with Gasteiger partial charge in [0.25, 0.3) is 0 Å². The van der Waals surface area contributed by atoms with Crippen LogP contribution < -0.4 is 0 Å². The van der Waals surface area contributed by atoms with E-state index in [0.717, 1.165) is 30.4 Å². The lowest BCUT2D eigenvalue weighted by Gasteiger charge is -2.36. The van der Waals surface area contributed by atoms with E-state index >= 15 is 0 Å². The van der Waals surface area contributed by atoms with Crippen molar-refractivity contribution in [2.75, 3.05) is 13.1 Å². The maximum Gasteiger partial charge on any atom is 0.131 e. The second-order valence-corrected chi connectivity index (χ2v) is 6.77. The maximum absolute atomic E-state index is 11.7. The Bertz CT molecular complexity index is 458. The van der Waals surface area contributed by atoms with Crippen molar-refractivity contribution >= 4 is 6.29 Å². The average molecular weight is 271 g/mol. The first kappa shape index (κ1) is 13.8. The van der Waals surface area contributed by atoms with Crippen molar-refractivity contribution in [2.24, 2.45) is 5.92 Å². The van der Waals surface area contributed by atoms with Crippen molar-refractivity contribution in [2.45, 2.75) is 50.5 Å². The minimum atomic E-state index is -0.367. The summed E-state index contributed by atoms with van der Waals surface area (Å²) in [5, 5.41) is 0. The molecular formula is C18H25NO. The van der Waals surface area contributed by atoms with Crippen LogP contribution in [-0.4, -0.2) is 30.3 Å². The number of fused-ring (bicyclic) bond motifs is 1. The van der Waals surface area contributed by atoms with Crippen molar-refractivity contribution in [3.05, 3.63) is 35.9 Å². The summed E-state index contributed by atoms with van der Waals surface area (Å²) in [6.45, 7) is 4.14. The summed E-state index contributed by atoms with van der Waals surface area (Å²) in [6, 6.07) is 11.0. The molecule has 0 radical (unpaired) electrons. The summed E-state index contributed by atoms with van der Waals surface area (Å²) in [5.74, 6) is 0.885. The number of benzene rings is 1. The molecule has 3 atom stereocenters. The molecule has 1 aliphatic carbocycles. The van der Waals surface area contributed by atoms with Crippen LogP contribution in [0.3, 0.4) is 0 Å². The first-order valence-electron chi connectivity index (χ1n) is 7.99. The predicted octanol–water partition coefficient (Wildman–Crippen LogP) is 3.41. The molecule has 3 rings (SSSR count). The molecule has 2 fully saturated rings. The number of aldehydes is 1. The Hall–Kier alpha value is -1.15. The minimum absolute atomic E-state index is 0.367. The SMILES string of the molecule is CC(C=O)(CN1CCC2CCCCC21)c1ccccc1. The molecule has 0 bridgehead atoms. The van der Waals surface area contributed by atoms with Crippen molar-refractivity contribution < 1.29 is 4.79 Å². The largest absolute Gasteiger partial charge is 0.302 e. The standard InChI is InChI=1S/C18H25NO/c1-18(14-20,16-8-3-2-4-9-16)13-19-12-11-15-7-5-6-10-17(15)19/h2-4,8-9,14-15,17H,5-7,10-13H2,1H3. The molecule has 2 nitrogen and oxygen atoms in total. The molecule has 1 saturated heterocycles. The third kappa shape index (κ3) is 2.54. The van der Waals surface area contributed by atoms with Gasteiger partial charge in [0.1, 0.15) is 6.29 Å². The van der Waals surface area contributed by atoms with Gasteiger partial charge in [-0.1, -0.05) is 43.2 Å². The second-order valence-electron chi connectivity index (χ2n) is 6.77. The van der Waals surface area contributed by atoms with E-state index in [1.807, 2.05) is 18.2 Å². The molecule has 20 heavy (non-hydrogen) atoms. The van der Waals surface area contributed by atoms with E-state index < -0.39 is 0 Å². The monoisotopic (exact) mass is 271 g/mol. The summed E-state index contributed by atoms with van der Waals surface area (Å²) in [4.78, 5) is 14.3. The lowest BCUT2D eigenvalue weighted by Crippen LogP contribution is -2.44. The van der Waals surface area contributed by atoms with E-state index in [4.69, 9.17) is 0 Å². The number of rotatable bonds is 4. The van der Waals surface area contributed by atoms with E-state index in [9.17, 15) is 4.79 Å². The topological polar surface area (TPSA) is 20.3 Å². The van der Waals surface area contributed by atoms with Gasteiger partial charge in [0, 0.05) is 12.6 Å². The predicted molar refractivity (Wildman–Crippen MR) is 81.8 cm³/mol. The normalized spacial score (nSPS) is 29.6. The molecule has 1 heterocycles. The molecule has 108 valence electrons. The van der Waals surface area contributed by atoms with Crippen molar-refractivity contribution in [1.29, 1.82) is 0 Å². The highest BCUT2D eigenvalue weighted by atomic mass is 16.1. The van der Waals surface area contributed by atoms with Crippen LogP contribution in [0.1, 0.15) is 44.6 Å². The van der Waals surface area contributed by atoms with Gasteiger partial charge in [-0.05, 0) is 44.2 Å². The van der Waals surface area contributed by atoms with Crippen molar-refractivity contribution in [3.8, 4) is 0 Å². The van der Waals surface area contributed by atoms with Gasteiger partial charge in [0.15, 0.2) is 0 Å². The highest BCUT2D eigenvalue weighted by Gasteiger charge is 2.39.